The molecule has 2 aliphatic rings. The lowest BCUT2D eigenvalue weighted by Gasteiger charge is -2.12. The number of fused-ring (bicyclic) bond motifs is 1. The standard InChI is InChI=1S/C14H17N3O/c15-9-3-6-11-12(8-9)17(10-4-5-10)14(16-11)13-2-1-7-18-13/h3,6,8,10,13H,1-2,4-5,7,15H2. The van der Waals surface area contributed by atoms with Crippen molar-refractivity contribution in [1.82, 2.24) is 9.55 Å². The summed E-state index contributed by atoms with van der Waals surface area (Å²) in [5.74, 6) is 1.11. The van der Waals surface area contributed by atoms with E-state index in [9.17, 15) is 0 Å². The van der Waals surface area contributed by atoms with Gasteiger partial charge in [0.25, 0.3) is 0 Å². The van der Waals surface area contributed by atoms with Gasteiger partial charge in [0.1, 0.15) is 11.9 Å². The van der Waals surface area contributed by atoms with Crippen molar-refractivity contribution in [2.75, 3.05) is 12.3 Å². The van der Waals surface area contributed by atoms with Crippen LogP contribution in [0.15, 0.2) is 18.2 Å². The fourth-order valence-electron chi connectivity index (χ4n) is 2.85. The third-order valence-corrected chi connectivity index (χ3v) is 3.87. The molecule has 2 aromatic rings. The second-order valence-electron chi connectivity index (χ2n) is 5.32. The molecule has 1 aromatic heterocycles. The number of ether oxygens (including phenoxy) is 1. The molecule has 18 heavy (non-hydrogen) atoms. The SMILES string of the molecule is Nc1ccc2nc(C3CCCO3)n(C3CC3)c2c1. The fourth-order valence-corrected chi connectivity index (χ4v) is 2.85. The Hall–Kier alpha value is -1.55. The van der Waals surface area contributed by atoms with E-state index in [1.54, 1.807) is 0 Å². The zero-order valence-corrected chi connectivity index (χ0v) is 10.3. The maximum atomic E-state index is 5.90. The van der Waals surface area contributed by atoms with Crippen LogP contribution >= 0.6 is 0 Å². The summed E-state index contributed by atoms with van der Waals surface area (Å²) in [6.45, 7) is 0.862. The minimum atomic E-state index is 0.180. The van der Waals surface area contributed by atoms with E-state index in [-0.39, 0.29) is 6.10 Å². The lowest BCUT2D eigenvalue weighted by Crippen LogP contribution is -2.07. The number of aromatic nitrogens is 2. The number of nitrogen functional groups attached to an aromatic ring is 1. The zero-order chi connectivity index (χ0) is 12.1. The Morgan fingerprint density at radius 3 is 2.89 bits per heavy atom. The third kappa shape index (κ3) is 1.52. The van der Waals surface area contributed by atoms with Crippen LogP contribution in [0.4, 0.5) is 5.69 Å². The van der Waals surface area contributed by atoms with Crippen LogP contribution in [0.3, 0.4) is 0 Å². The summed E-state index contributed by atoms with van der Waals surface area (Å²) >= 11 is 0. The smallest absolute Gasteiger partial charge is 0.139 e. The van der Waals surface area contributed by atoms with E-state index in [4.69, 9.17) is 15.5 Å². The van der Waals surface area contributed by atoms with Gasteiger partial charge in [0.05, 0.1) is 11.0 Å². The molecule has 1 aliphatic heterocycles. The maximum absolute atomic E-state index is 5.90. The van der Waals surface area contributed by atoms with E-state index in [1.165, 1.54) is 18.4 Å². The van der Waals surface area contributed by atoms with Crippen LogP contribution in [0, 0.1) is 0 Å². The summed E-state index contributed by atoms with van der Waals surface area (Å²) in [6.07, 6.45) is 4.91. The Bertz CT molecular complexity index is 594. The Morgan fingerprint density at radius 2 is 2.17 bits per heavy atom. The van der Waals surface area contributed by atoms with Gasteiger partial charge in [0.2, 0.25) is 0 Å². The molecule has 2 heterocycles. The van der Waals surface area contributed by atoms with Crippen molar-refractivity contribution >= 4 is 16.7 Å². The van der Waals surface area contributed by atoms with Gasteiger partial charge < -0.3 is 15.0 Å². The van der Waals surface area contributed by atoms with Crippen molar-refractivity contribution in [3.05, 3.63) is 24.0 Å². The minimum absolute atomic E-state index is 0.180. The number of benzene rings is 1. The molecule has 2 fully saturated rings. The van der Waals surface area contributed by atoms with Crippen LogP contribution in [-0.2, 0) is 4.74 Å². The van der Waals surface area contributed by atoms with Gasteiger partial charge >= 0.3 is 0 Å². The molecule has 1 aliphatic carbocycles. The normalized spacial score (nSPS) is 23.9. The summed E-state index contributed by atoms with van der Waals surface area (Å²) in [6, 6.07) is 6.59. The topological polar surface area (TPSA) is 53.1 Å². The number of anilines is 1. The predicted octanol–water partition coefficient (Wildman–Crippen LogP) is 2.80. The van der Waals surface area contributed by atoms with Crippen molar-refractivity contribution < 1.29 is 4.74 Å². The first-order valence-electron chi connectivity index (χ1n) is 6.72. The molecule has 1 saturated heterocycles. The van der Waals surface area contributed by atoms with Gasteiger partial charge in [-0.05, 0) is 43.9 Å². The Balaban J connectivity index is 1.92. The molecule has 0 amide bonds. The quantitative estimate of drug-likeness (QED) is 0.825. The molecule has 1 aromatic carbocycles. The highest BCUT2D eigenvalue weighted by Gasteiger charge is 2.32. The molecule has 4 heteroatoms. The lowest BCUT2D eigenvalue weighted by atomic mass is 10.2. The van der Waals surface area contributed by atoms with Gasteiger partial charge in [-0.3, -0.25) is 0 Å². The molecule has 94 valence electrons. The highest BCUT2D eigenvalue weighted by Crippen LogP contribution is 2.42. The maximum Gasteiger partial charge on any atom is 0.139 e. The highest BCUT2D eigenvalue weighted by molar-refractivity contribution is 5.80. The average molecular weight is 243 g/mol. The molecule has 0 radical (unpaired) electrons. The van der Waals surface area contributed by atoms with E-state index < -0.39 is 0 Å². The number of imidazole rings is 1. The minimum Gasteiger partial charge on any atom is -0.399 e. The summed E-state index contributed by atoms with van der Waals surface area (Å²) < 4.78 is 8.17. The molecule has 1 unspecified atom stereocenters. The van der Waals surface area contributed by atoms with E-state index in [2.05, 4.69) is 4.57 Å². The molecule has 4 rings (SSSR count). The zero-order valence-electron chi connectivity index (χ0n) is 10.3. The molecular formula is C14H17N3O. The first-order chi connectivity index (χ1) is 8.83. The summed E-state index contributed by atoms with van der Waals surface area (Å²) in [7, 11) is 0. The Morgan fingerprint density at radius 1 is 1.28 bits per heavy atom. The van der Waals surface area contributed by atoms with Crippen molar-refractivity contribution in [1.29, 1.82) is 0 Å². The first kappa shape index (κ1) is 10.4. The predicted molar refractivity (Wildman–Crippen MR) is 70.3 cm³/mol. The van der Waals surface area contributed by atoms with E-state index in [1.807, 2.05) is 18.2 Å². The van der Waals surface area contributed by atoms with Gasteiger partial charge in [-0.1, -0.05) is 0 Å². The van der Waals surface area contributed by atoms with Crippen LogP contribution in [0.25, 0.3) is 11.0 Å². The lowest BCUT2D eigenvalue weighted by molar-refractivity contribution is 0.102. The number of hydrogen-bond acceptors (Lipinski definition) is 3. The number of nitrogens with two attached hydrogens (primary N) is 1. The van der Waals surface area contributed by atoms with E-state index >= 15 is 0 Å². The molecule has 1 saturated carbocycles. The van der Waals surface area contributed by atoms with Crippen LogP contribution in [0.1, 0.15) is 43.7 Å². The first-order valence-corrected chi connectivity index (χ1v) is 6.72. The number of nitrogens with zero attached hydrogens (tertiary/aromatic N) is 2. The van der Waals surface area contributed by atoms with Crippen molar-refractivity contribution in [2.24, 2.45) is 0 Å². The number of rotatable bonds is 2. The van der Waals surface area contributed by atoms with Gasteiger partial charge in [-0.2, -0.15) is 0 Å². The van der Waals surface area contributed by atoms with E-state index in [0.717, 1.165) is 36.5 Å². The average Bonchev–Trinajstić information content (AvgIpc) is 2.93. The Labute approximate surface area is 106 Å². The van der Waals surface area contributed by atoms with Crippen molar-refractivity contribution in [3.8, 4) is 0 Å². The Kier molecular flexibility index (Phi) is 2.14. The van der Waals surface area contributed by atoms with Gasteiger partial charge in [0, 0.05) is 18.3 Å². The highest BCUT2D eigenvalue weighted by atomic mass is 16.5. The van der Waals surface area contributed by atoms with Gasteiger partial charge in [0.15, 0.2) is 0 Å². The van der Waals surface area contributed by atoms with E-state index in [0.29, 0.717) is 6.04 Å². The van der Waals surface area contributed by atoms with Crippen LogP contribution in [-0.4, -0.2) is 16.2 Å². The monoisotopic (exact) mass is 243 g/mol. The molecule has 0 spiro atoms. The van der Waals surface area contributed by atoms with Crippen molar-refractivity contribution in [3.63, 3.8) is 0 Å². The molecule has 0 bridgehead atoms. The third-order valence-electron chi connectivity index (χ3n) is 3.87. The second-order valence-corrected chi connectivity index (χ2v) is 5.32. The van der Waals surface area contributed by atoms with Gasteiger partial charge in [-0.15, -0.1) is 0 Å². The van der Waals surface area contributed by atoms with Crippen molar-refractivity contribution in [2.45, 2.75) is 37.8 Å². The van der Waals surface area contributed by atoms with Crippen LogP contribution in [0.5, 0.6) is 0 Å². The number of hydrogen-bond donors (Lipinski definition) is 1. The fraction of sp³-hybridized carbons (Fsp3) is 0.500. The summed E-state index contributed by atoms with van der Waals surface area (Å²) in [5.41, 5.74) is 8.92. The largest absolute Gasteiger partial charge is 0.399 e. The molecule has 4 nitrogen and oxygen atoms in total. The molecule has 1 atom stereocenters. The molecule has 2 N–H and O–H groups in total. The van der Waals surface area contributed by atoms with Gasteiger partial charge in [-0.25, -0.2) is 4.98 Å². The molecular weight excluding hydrogens is 226 g/mol. The van der Waals surface area contributed by atoms with Crippen LogP contribution in [0.2, 0.25) is 0 Å². The second kappa shape index (κ2) is 3.72. The summed E-state index contributed by atoms with van der Waals surface area (Å²) in [4.78, 5) is 4.78. The van der Waals surface area contributed by atoms with Crippen LogP contribution < -0.4 is 5.73 Å². The summed E-state index contributed by atoms with van der Waals surface area (Å²) in [5, 5.41) is 0.